The van der Waals surface area contributed by atoms with E-state index in [1.165, 1.54) is 257 Å². The van der Waals surface area contributed by atoms with Crippen molar-refractivity contribution in [3.05, 3.63) is 12.2 Å². The molecule has 1 atom stereocenters. The zero-order valence-electron chi connectivity index (χ0n) is 46.9. The molecule has 408 valence electrons. The second kappa shape index (κ2) is 58.7. The minimum absolute atomic E-state index is 0.0639. The molecule has 0 aliphatic heterocycles. The fourth-order valence-electron chi connectivity index (χ4n) is 9.56. The minimum atomic E-state index is -0.765. The van der Waals surface area contributed by atoms with Crippen molar-refractivity contribution in [1.82, 2.24) is 0 Å². The lowest BCUT2D eigenvalue weighted by Gasteiger charge is -2.18. The molecule has 0 spiro atoms. The Balaban J connectivity index is 4.30. The molecular weight excluding hydrogens is 853 g/mol. The Kier molecular flexibility index (Phi) is 57.1. The monoisotopic (exact) mass is 973 g/mol. The summed E-state index contributed by atoms with van der Waals surface area (Å²) in [5.74, 6) is -0.836. The average Bonchev–Trinajstić information content (AvgIpc) is 3.35. The summed E-state index contributed by atoms with van der Waals surface area (Å²) in [5, 5.41) is 0. The maximum absolute atomic E-state index is 12.9. The van der Waals surface area contributed by atoms with Crippen LogP contribution in [0, 0.1) is 0 Å². The Bertz CT molecular complexity index is 1070. The number of rotatable bonds is 58. The Morgan fingerprint density at radius 1 is 0.275 bits per heavy atom. The Morgan fingerprint density at radius 2 is 0.478 bits per heavy atom. The molecule has 0 unspecified atom stereocenters. The van der Waals surface area contributed by atoms with E-state index in [4.69, 9.17) is 14.2 Å². The van der Waals surface area contributed by atoms with Crippen molar-refractivity contribution >= 4 is 17.9 Å². The maximum Gasteiger partial charge on any atom is 0.306 e. The van der Waals surface area contributed by atoms with Crippen LogP contribution in [0.15, 0.2) is 12.2 Å². The lowest BCUT2D eigenvalue weighted by atomic mass is 10.0. The molecule has 0 aromatic heterocycles. The van der Waals surface area contributed by atoms with Crippen LogP contribution in [0.25, 0.3) is 0 Å². The quantitative estimate of drug-likeness (QED) is 0.0261. The van der Waals surface area contributed by atoms with Gasteiger partial charge in [0.25, 0.3) is 0 Å². The number of esters is 3. The molecule has 0 aromatic rings. The summed E-state index contributed by atoms with van der Waals surface area (Å²) in [6.45, 7) is 6.71. The number of hydrogen-bond donors (Lipinski definition) is 0. The van der Waals surface area contributed by atoms with Gasteiger partial charge < -0.3 is 14.2 Å². The van der Waals surface area contributed by atoms with Gasteiger partial charge in [0.05, 0.1) is 0 Å². The van der Waals surface area contributed by atoms with E-state index in [-0.39, 0.29) is 31.1 Å². The minimum Gasteiger partial charge on any atom is -0.462 e. The first-order valence-electron chi connectivity index (χ1n) is 31.2. The zero-order valence-corrected chi connectivity index (χ0v) is 46.9. The third kappa shape index (κ3) is 56.9. The van der Waals surface area contributed by atoms with E-state index in [1.807, 2.05) is 0 Å². The van der Waals surface area contributed by atoms with Crippen molar-refractivity contribution in [2.45, 2.75) is 361 Å². The van der Waals surface area contributed by atoms with Crippen LogP contribution >= 0.6 is 0 Å². The fraction of sp³-hybridized carbons (Fsp3) is 0.921. The van der Waals surface area contributed by atoms with Gasteiger partial charge in [-0.05, 0) is 44.9 Å². The van der Waals surface area contributed by atoms with Crippen molar-refractivity contribution in [2.75, 3.05) is 13.2 Å². The molecule has 6 nitrogen and oxygen atoms in total. The Hall–Kier alpha value is -1.85. The predicted octanol–water partition coefficient (Wildman–Crippen LogP) is 20.9. The van der Waals surface area contributed by atoms with Crippen LogP contribution in [0.4, 0.5) is 0 Å². The summed E-state index contributed by atoms with van der Waals surface area (Å²) in [7, 11) is 0. The van der Waals surface area contributed by atoms with E-state index in [9.17, 15) is 14.4 Å². The first kappa shape index (κ1) is 67.1. The molecule has 0 rings (SSSR count). The van der Waals surface area contributed by atoms with Crippen molar-refractivity contribution in [3.8, 4) is 0 Å². The molecule has 0 radical (unpaired) electrons. The average molecular weight is 974 g/mol. The summed E-state index contributed by atoms with van der Waals surface area (Å²) in [5.41, 5.74) is 0. The topological polar surface area (TPSA) is 78.9 Å². The predicted molar refractivity (Wildman–Crippen MR) is 298 cm³/mol. The number of ether oxygens (including phenoxy) is 3. The second-order valence-electron chi connectivity index (χ2n) is 21.3. The highest BCUT2D eigenvalue weighted by Crippen LogP contribution is 2.18. The maximum atomic E-state index is 12.9. The lowest BCUT2D eigenvalue weighted by molar-refractivity contribution is -0.167. The van der Waals surface area contributed by atoms with Gasteiger partial charge in [0.1, 0.15) is 13.2 Å². The molecule has 0 aliphatic rings. The molecule has 0 heterocycles. The lowest BCUT2D eigenvalue weighted by Crippen LogP contribution is -2.30. The molecule has 0 N–H and O–H groups in total. The first-order valence-corrected chi connectivity index (χ1v) is 31.2. The van der Waals surface area contributed by atoms with Gasteiger partial charge in [0, 0.05) is 19.3 Å². The smallest absolute Gasteiger partial charge is 0.306 e. The van der Waals surface area contributed by atoms with Gasteiger partial charge in [-0.15, -0.1) is 0 Å². The van der Waals surface area contributed by atoms with Crippen LogP contribution in [0.2, 0.25) is 0 Å². The van der Waals surface area contributed by atoms with Crippen molar-refractivity contribution < 1.29 is 28.6 Å². The van der Waals surface area contributed by atoms with Gasteiger partial charge in [-0.3, -0.25) is 14.4 Å². The summed E-state index contributed by atoms with van der Waals surface area (Å²) in [6.07, 6.45) is 67.8. The molecule has 0 saturated heterocycles. The fourth-order valence-corrected chi connectivity index (χ4v) is 9.56. The Labute approximate surface area is 431 Å². The summed E-state index contributed by atoms with van der Waals surface area (Å²) in [4.78, 5) is 38.3. The van der Waals surface area contributed by atoms with E-state index in [0.29, 0.717) is 19.3 Å². The van der Waals surface area contributed by atoms with Crippen LogP contribution in [0.5, 0.6) is 0 Å². The van der Waals surface area contributed by atoms with Crippen molar-refractivity contribution in [2.24, 2.45) is 0 Å². The standard InChI is InChI=1S/C63H120O6/c1-4-7-10-13-16-19-22-25-28-30-31-33-35-38-41-44-47-50-53-56-62(65)68-59-60(58-67-61(64)55-52-49-46-43-40-37-34-27-24-21-18-15-12-9-6-3)69-63(66)57-54-51-48-45-42-39-36-32-29-26-23-20-17-14-11-8-5-2/h25,28,60H,4-24,26-27,29-59H2,1-3H3/b28-25-/t60-/m0/s1. The molecule has 6 heteroatoms. The molecule has 0 aliphatic carbocycles. The first-order chi connectivity index (χ1) is 34.0. The normalized spacial score (nSPS) is 12.0. The number of hydrogen-bond acceptors (Lipinski definition) is 6. The molecule has 0 saturated carbocycles. The van der Waals surface area contributed by atoms with Crippen LogP contribution in [-0.4, -0.2) is 37.2 Å². The van der Waals surface area contributed by atoms with E-state index >= 15 is 0 Å². The number of carbonyl (C=O) groups excluding carboxylic acids is 3. The van der Waals surface area contributed by atoms with E-state index in [0.717, 1.165) is 57.8 Å². The third-order valence-electron chi connectivity index (χ3n) is 14.3. The van der Waals surface area contributed by atoms with E-state index < -0.39 is 6.10 Å². The van der Waals surface area contributed by atoms with Crippen LogP contribution in [0.1, 0.15) is 355 Å². The van der Waals surface area contributed by atoms with Crippen LogP contribution < -0.4 is 0 Å². The molecule has 0 bridgehead atoms. The molecule has 0 aromatic carbocycles. The molecule has 0 amide bonds. The summed E-state index contributed by atoms with van der Waals surface area (Å²) in [6, 6.07) is 0. The van der Waals surface area contributed by atoms with Gasteiger partial charge in [-0.1, -0.05) is 303 Å². The van der Waals surface area contributed by atoms with Crippen LogP contribution in [0.3, 0.4) is 0 Å². The molecule has 0 fully saturated rings. The van der Waals surface area contributed by atoms with Gasteiger partial charge >= 0.3 is 17.9 Å². The van der Waals surface area contributed by atoms with Gasteiger partial charge in [0.15, 0.2) is 6.10 Å². The number of allylic oxidation sites excluding steroid dienone is 2. The van der Waals surface area contributed by atoms with Crippen molar-refractivity contribution in [3.63, 3.8) is 0 Å². The summed E-state index contributed by atoms with van der Waals surface area (Å²) < 4.78 is 16.9. The number of unbranched alkanes of at least 4 members (excludes halogenated alkanes) is 45. The van der Waals surface area contributed by atoms with Crippen molar-refractivity contribution in [1.29, 1.82) is 0 Å². The highest BCUT2D eigenvalue weighted by atomic mass is 16.6. The van der Waals surface area contributed by atoms with Crippen LogP contribution in [-0.2, 0) is 28.6 Å². The van der Waals surface area contributed by atoms with E-state index in [1.54, 1.807) is 0 Å². The second-order valence-corrected chi connectivity index (χ2v) is 21.3. The zero-order chi connectivity index (χ0) is 50.0. The molecular formula is C63H120O6. The molecule has 69 heavy (non-hydrogen) atoms. The Morgan fingerprint density at radius 3 is 0.725 bits per heavy atom. The van der Waals surface area contributed by atoms with Gasteiger partial charge in [-0.25, -0.2) is 0 Å². The van der Waals surface area contributed by atoms with Gasteiger partial charge in [0.2, 0.25) is 0 Å². The van der Waals surface area contributed by atoms with E-state index in [2.05, 4.69) is 32.9 Å². The van der Waals surface area contributed by atoms with Gasteiger partial charge in [-0.2, -0.15) is 0 Å². The third-order valence-corrected chi connectivity index (χ3v) is 14.3. The highest BCUT2D eigenvalue weighted by molar-refractivity contribution is 5.71. The highest BCUT2D eigenvalue weighted by Gasteiger charge is 2.19. The number of carbonyl (C=O) groups is 3. The SMILES string of the molecule is CCCCCCCC/C=C\CCCCCCCCCCCC(=O)OC[C@H](COC(=O)CCCCCCCCCCCCCCCCC)OC(=O)CCCCCCCCCCCCCCCCCCC. The summed E-state index contributed by atoms with van der Waals surface area (Å²) >= 11 is 0. The largest absolute Gasteiger partial charge is 0.462 e.